The van der Waals surface area contributed by atoms with E-state index >= 15 is 0 Å². The number of nitrogens with zero attached hydrogens (tertiary/aromatic N) is 5. The molecule has 1 atom stereocenters. The highest BCUT2D eigenvalue weighted by Gasteiger charge is 2.32. The number of urea groups is 1. The summed E-state index contributed by atoms with van der Waals surface area (Å²) >= 11 is 1.25. The van der Waals surface area contributed by atoms with Crippen LogP contribution in [-0.2, 0) is 4.79 Å². The molecule has 0 radical (unpaired) electrons. The van der Waals surface area contributed by atoms with Gasteiger partial charge in [-0.05, 0) is 67.1 Å². The van der Waals surface area contributed by atoms with Crippen molar-refractivity contribution in [3.63, 3.8) is 0 Å². The van der Waals surface area contributed by atoms with E-state index in [1.807, 2.05) is 56.3 Å². The molecular weight excluding hydrogens is 593 g/mol. The number of rotatable bonds is 8. The SMILES string of the molecule is Cc1cccc(C)c1N1C(=O)CSC1=NC(=O)NCCC(C)c1ccc(-c2ncn(-c3ccc(OC(F)(F)F)cc3)n2)cc1. The van der Waals surface area contributed by atoms with Crippen molar-refractivity contribution in [3.8, 4) is 22.8 Å². The second-order valence-electron chi connectivity index (χ2n) is 10.3. The third-order valence-corrected chi connectivity index (χ3v) is 7.97. The van der Waals surface area contributed by atoms with E-state index in [4.69, 9.17) is 0 Å². The zero-order valence-corrected chi connectivity index (χ0v) is 24.9. The Morgan fingerprint density at radius 3 is 2.41 bits per heavy atom. The van der Waals surface area contributed by atoms with Crippen LogP contribution in [0.2, 0.25) is 0 Å². The van der Waals surface area contributed by atoms with Gasteiger partial charge in [-0.25, -0.2) is 14.5 Å². The van der Waals surface area contributed by atoms with Gasteiger partial charge in [0, 0.05) is 12.1 Å². The number of amides is 3. The Bertz CT molecular complexity index is 1670. The van der Waals surface area contributed by atoms with Crippen molar-refractivity contribution in [3.05, 3.63) is 89.7 Å². The van der Waals surface area contributed by atoms with Gasteiger partial charge in [0.1, 0.15) is 12.1 Å². The number of aromatic nitrogens is 3. The third-order valence-electron chi connectivity index (χ3n) is 7.04. The Balaban J connectivity index is 1.15. The van der Waals surface area contributed by atoms with Gasteiger partial charge in [0.25, 0.3) is 0 Å². The molecule has 1 aliphatic heterocycles. The van der Waals surface area contributed by atoms with Crippen molar-refractivity contribution in [1.29, 1.82) is 0 Å². The van der Waals surface area contributed by atoms with Crippen LogP contribution in [-0.4, -0.2) is 50.5 Å². The van der Waals surface area contributed by atoms with Crippen LogP contribution in [0.5, 0.6) is 5.75 Å². The quantitative estimate of drug-likeness (QED) is 0.232. The fourth-order valence-corrected chi connectivity index (χ4v) is 5.64. The lowest BCUT2D eigenvalue weighted by Crippen LogP contribution is -2.32. The van der Waals surface area contributed by atoms with Crippen molar-refractivity contribution in [2.75, 3.05) is 17.2 Å². The summed E-state index contributed by atoms with van der Waals surface area (Å²) in [7, 11) is 0. The number of hydrogen-bond acceptors (Lipinski definition) is 6. The van der Waals surface area contributed by atoms with E-state index in [1.165, 1.54) is 51.9 Å². The summed E-state index contributed by atoms with van der Waals surface area (Å²) in [6.07, 6.45) is -2.60. The molecule has 1 aromatic heterocycles. The van der Waals surface area contributed by atoms with E-state index in [0.717, 1.165) is 27.9 Å². The van der Waals surface area contributed by atoms with E-state index in [1.54, 1.807) is 0 Å². The first-order chi connectivity index (χ1) is 21.0. The van der Waals surface area contributed by atoms with Crippen molar-refractivity contribution in [1.82, 2.24) is 20.1 Å². The molecule has 3 aromatic carbocycles. The number of aryl methyl sites for hydroxylation is 2. The van der Waals surface area contributed by atoms with E-state index < -0.39 is 12.4 Å². The number of ether oxygens (including phenoxy) is 1. The Labute approximate surface area is 256 Å². The maximum Gasteiger partial charge on any atom is 0.573 e. The first-order valence-electron chi connectivity index (χ1n) is 13.7. The lowest BCUT2D eigenvalue weighted by Gasteiger charge is -2.20. The minimum Gasteiger partial charge on any atom is -0.406 e. The number of alkyl halides is 3. The van der Waals surface area contributed by atoms with Crippen LogP contribution < -0.4 is 15.0 Å². The molecule has 1 unspecified atom stereocenters. The molecule has 3 amide bonds. The first-order valence-corrected chi connectivity index (χ1v) is 14.7. The monoisotopic (exact) mass is 622 g/mol. The predicted octanol–water partition coefficient (Wildman–Crippen LogP) is 6.79. The van der Waals surface area contributed by atoms with Gasteiger partial charge in [-0.3, -0.25) is 9.69 Å². The minimum absolute atomic E-state index is 0.105. The molecule has 0 spiro atoms. The summed E-state index contributed by atoms with van der Waals surface area (Å²) in [6, 6.07) is 18.4. The molecule has 0 saturated carbocycles. The molecule has 0 aliphatic carbocycles. The molecule has 1 saturated heterocycles. The van der Waals surface area contributed by atoms with E-state index in [9.17, 15) is 22.8 Å². The molecule has 228 valence electrons. The Morgan fingerprint density at radius 2 is 1.75 bits per heavy atom. The smallest absolute Gasteiger partial charge is 0.406 e. The third kappa shape index (κ3) is 7.28. The number of amidine groups is 1. The Morgan fingerprint density at radius 1 is 1.07 bits per heavy atom. The molecule has 1 N–H and O–H groups in total. The molecule has 1 fully saturated rings. The fraction of sp³-hybridized carbons (Fsp3) is 0.258. The highest BCUT2D eigenvalue weighted by atomic mass is 32.2. The highest BCUT2D eigenvalue weighted by molar-refractivity contribution is 8.15. The number of aliphatic imine (C=N–C) groups is 1. The van der Waals surface area contributed by atoms with Gasteiger partial charge < -0.3 is 10.1 Å². The molecule has 44 heavy (non-hydrogen) atoms. The second-order valence-corrected chi connectivity index (χ2v) is 11.2. The number of thioether (sulfide) groups is 1. The normalized spacial score (nSPS) is 15.1. The number of nitrogens with one attached hydrogen (secondary N) is 1. The summed E-state index contributed by atoms with van der Waals surface area (Å²) in [5.74, 6) is 0.407. The van der Waals surface area contributed by atoms with Crippen molar-refractivity contribution in [2.45, 2.75) is 39.5 Å². The number of anilines is 1. The highest BCUT2D eigenvalue weighted by Crippen LogP contribution is 2.32. The second kappa shape index (κ2) is 12.9. The van der Waals surface area contributed by atoms with Crippen LogP contribution in [0.3, 0.4) is 0 Å². The Hall–Kier alpha value is -4.65. The molecule has 4 aromatic rings. The maximum atomic E-state index is 12.6. The van der Waals surface area contributed by atoms with Gasteiger partial charge >= 0.3 is 12.4 Å². The zero-order chi connectivity index (χ0) is 31.4. The summed E-state index contributed by atoms with van der Waals surface area (Å²) in [5.41, 5.74) is 5.01. The topological polar surface area (TPSA) is 102 Å². The molecule has 2 heterocycles. The summed E-state index contributed by atoms with van der Waals surface area (Å²) in [4.78, 5) is 35.3. The largest absolute Gasteiger partial charge is 0.573 e. The summed E-state index contributed by atoms with van der Waals surface area (Å²) in [6.45, 7) is 6.31. The summed E-state index contributed by atoms with van der Waals surface area (Å²) < 4.78 is 42.6. The van der Waals surface area contributed by atoms with Crippen LogP contribution in [0.25, 0.3) is 17.1 Å². The van der Waals surface area contributed by atoms with Gasteiger partial charge in [-0.1, -0.05) is 61.2 Å². The number of carbonyl (C=O) groups is 2. The average molecular weight is 623 g/mol. The van der Waals surface area contributed by atoms with E-state index in [2.05, 4.69) is 32.1 Å². The molecule has 13 heteroatoms. The molecule has 9 nitrogen and oxygen atoms in total. The van der Waals surface area contributed by atoms with Crippen LogP contribution in [0.4, 0.5) is 23.7 Å². The van der Waals surface area contributed by atoms with Gasteiger partial charge in [-0.15, -0.1) is 18.3 Å². The molecule has 1 aliphatic rings. The van der Waals surface area contributed by atoms with Crippen molar-refractivity contribution in [2.24, 2.45) is 4.99 Å². The van der Waals surface area contributed by atoms with E-state index in [-0.39, 0.29) is 23.3 Å². The zero-order valence-electron chi connectivity index (χ0n) is 24.1. The number of hydrogen-bond donors (Lipinski definition) is 1. The average Bonchev–Trinajstić information content (AvgIpc) is 3.60. The van der Waals surface area contributed by atoms with Crippen LogP contribution >= 0.6 is 11.8 Å². The number of halogens is 3. The van der Waals surface area contributed by atoms with Gasteiger partial charge in [0.2, 0.25) is 5.91 Å². The maximum absolute atomic E-state index is 12.6. The van der Waals surface area contributed by atoms with Crippen LogP contribution in [0.15, 0.2) is 78.0 Å². The molecule has 0 bridgehead atoms. The molecule has 5 rings (SSSR count). The Kier molecular flexibility index (Phi) is 9.04. The summed E-state index contributed by atoms with van der Waals surface area (Å²) in [5, 5.41) is 7.64. The first kappa shape index (κ1) is 30.8. The van der Waals surface area contributed by atoms with Crippen molar-refractivity contribution < 1.29 is 27.5 Å². The predicted molar refractivity (Wildman–Crippen MR) is 163 cm³/mol. The standard InChI is InChI=1S/C31H29F3N6O3S/c1-19(15-16-35-29(42)37-30-40(26(41)17-44-30)27-20(2)5-4-6-21(27)3)22-7-9-23(10-8-22)28-36-18-39(38-28)24-11-13-25(14-12-24)43-31(32,33)34/h4-14,18-19H,15-17H2,1-3H3,(H,35,42). The van der Waals surface area contributed by atoms with Gasteiger partial charge in [0.15, 0.2) is 11.0 Å². The van der Waals surface area contributed by atoms with Gasteiger partial charge in [0.05, 0.1) is 17.1 Å². The minimum atomic E-state index is -4.75. The van der Waals surface area contributed by atoms with Crippen LogP contribution in [0, 0.1) is 13.8 Å². The van der Waals surface area contributed by atoms with Gasteiger partial charge in [-0.2, -0.15) is 4.99 Å². The number of carbonyl (C=O) groups excluding carboxylic acids is 2. The van der Waals surface area contributed by atoms with Crippen LogP contribution in [0.1, 0.15) is 36.0 Å². The number of benzene rings is 3. The number of para-hydroxylation sites is 1. The lowest BCUT2D eigenvalue weighted by atomic mass is 9.96. The lowest BCUT2D eigenvalue weighted by molar-refractivity contribution is -0.274. The molecular formula is C31H29F3N6O3S. The van der Waals surface area contributed by atoms with E-state index in [0.29, 0.717) is 29.6 Å². The fourth-order valence-electron chi connectivity index (χ4n) is 4.79. The van der Waals surface area contributed by atoms with Crippen molar-refractivity contribution >= 4 is 34.6 Å².